The quantitative estimate of drug-likeness (QED) is 0.692. The molecule has 1 heteroatoms. The van der Waals surface area contributed by atoms with Crippen LogP contribution < -0.4 is 0 Å². The zero-order chi connectivity index (χ0) is 9.84. The molecule has 0 aliphatic rings. The van der Waals surface area contributed by atoms with Crippen LogP contribution in [0.5, 0.6) is 0 Å². The summed E-state index contributed by atoms with van der Waals surface area (Å²) >= 11 is 0. The third kappa shape index (κ3) is 2.41. The van der Waals surface area contributed by atoms with E-state index in [2.05, 4.69) is 0 Å². The first-order valence-electron chi connectivity index (χ1n) is 4.71. The van der Waals surface area contributed by atoms with Crippen molar-refractivity contribution in [2.24, 2.45) is 5.92 Å². The van der Waals surface area contributed by atoms with Crippen molar-refractivity contribution in [3.05, 3.63) is 35.9 Å². The van der Waals surface area contributed by atoms with Crippen molar-refractivity contribution in [3.8, 4) is 0 Å². The molecule has 70 valence electrons. The summed E-state index contributed by atoms with van der Waals surface area (Å²) in [7, 11) is 0. The molecule has 0 fully saturated rings. The maximum absolute atomic E-state index is 11.6. The van der Waals surface area contributed by atoms with Gasteiger partial charge in [0.1, 0.15) is 5.78 Å². The summed E-state index contributed by atoms with van der Waals surface area (Å²) in [4.78, 5) is 11.6. The van der Waals surface area contributed by atoms with Gasteiger partial charge in [-0.05, 0) is 5.56 Å². The lowest BCUT2D eigenvalue weighted by atomic mass is 9.91. The zero-order valence-corrected chi connectivity index (χ0v) is 8.45. The fourth-order valence-corrected chi connectivity index (χ4v) is 1.41. The Morgan fingerprint density at radius 1 is 1.08 bits per heavy atom. The van der Waals surface area contributed by atoms with Crippen LogP contribution in [0.15, 0.2) is 30.3 Å². The van der Waals surface area contributed by atoms with Gasteiger partial charge in [0.2, 0.25) is 0 Å². The van der Waals surface area contributed by atoms with E-state index in [-0.39, 0.29) is 11.8 Å². The van der Waals surface area contributed by atoms with Gasteiger partial charge >= 0.3 is 0 Å². The van der Waals surface area contributed by atoms with Gasteiger partial charge in [-0.15, -0.1) is 0 Å². The molecule has 0 aliphatic carbocycles. The van der Waals surface area contributed by atoms with Gasteiger partial charge in [-0.1, -0.05) is 51.1 Å². The zero-order valence-electron chi connectivity index (χ0n) is 8.45. The van der Waals surface area contributed by atoms with Crippen LogP contribution in [0.1, 0.15) is 32.3 Å². The van der Waals surface area contributed by atoms with Crippen molar-refractivity contribution in [1.29, 1.82) is 0 Å². The van der Waals surface area contributed by atoms with E-state index in [1.165, 1.54) is 0 Å². The highest BCUT2D eigenvalue weighted by molar-refractivity contribution is 5.86. The average Bonchev–Trinajstić information content (AvgIpc) is 2.17. The largest absolute Gasteiger partial charge is 0.299 e. The van der Waals surface area contributed by atoms with Crippen LogP contribution in [0.25, 0.3) is 0 Å². The molecule has 1 atom stereocenters. The lowest BCUT2D eigenvalue weighted by Gasteiger charge is -2.12. The van der Waals surface area contributed by atoms with Crippen molar-refractivity contribution in [2.75, 3.05) is 0 Å². The van der Waals surface area contributed by atoms with E-state index in [1.54, 1.807) is 0 Å². The Balaban J connectivity index is 2.80. The molecule has 0 spiro atoms. The smallest absolute Gasteiger partial charge is 0.142 e. The predicted molar refractivity (Wildman–Crippen MR) is 54.7 cm³/mol. The summed E-state index contributed by atoms with van der Waals surface area (Å²) in [5.74, 6) is 0.461. The van der Waals surface area contributed by atoms with Crippen LogP contribution in [0.2, 0.25) is 0 Å². The molecule has 0 bridgehead atoms. The molecule has 1 rings (SSSR count). The molecule has 1 aromatic carbocycles. The van der Waals surface area contributed by atoms with Crippen molar-refractivity contribution in [3.63, 3.8) is 0 Å². The molecular formula is C12H16O. The number of carbonyl (C=O) groups is 1. The molecular weight excluding hydrogens is 160 g/mol. The van der Waals surface area contributed by atoms with Crippen LogP contribution in [-0.4, -0.2) is 5.78 Å². The second-order valence-corrected chi connectivity index (χ2v) is 3.69. The second-order valence-electron chi connectivity index (χ2n) is 3.69. The van der Waals surface area contributed by atoms with Crippen LogP contribution >= 0.6 is 0 Å². The van der Waals surface area contributed by atoms with E-state index in [0.29, 0.717) is 5.78 Å². The molecule has 0 heterocycles. The van der Waals surface area contributed by atoms with Crippen molar-refractivity contribution < 1.29 is 4.79 Å². The minimum atomic E-state index is 0.0289. The SMILES string of the molecule is CC(C)C(=O)[C@@H](C)c1ccccc1. The summed E-state index contributed by atoms with van der Waals surface area (Å²) in [6, 6.07) is 9.92. The first-order chi connectivity index (χ1) is 6.13. The topological polar surface area (TPSA) is 17.1 Å². The maximum atomic E-state index is 11.6. The minimum Gasteiger partial charge on any atom is -0.299 e. The van der Waals surface area contributed by atoms with Crippen LogP contribution in [0.4, 0.5) is 0 Å². The summed E-state index contributed by atoms with van der Waals surface area (Å²) in [5, 5.41) is 0. The fraction of sp³-hybridized carbons (Fsp3) is 0.417. The number of ketones is 1. The third-order valence-corrected chi connectivity index (χ3v) is 2.30. The lowest BCUT2D eigenvalue weighted by Crippen LogP contribution is -2.15. The van der Waals surface area contributed by atoms with Gasteiger partial charge in [-0.3, -0.25) is 4.79 Å². The number of benzene rings is 1. The first-order valence-corrected chi connectivity index (χ1v) is 4.71. The number of rotatable bonds is 3. The van der Waals surface area contributed by atoms with Gasteiger partial charge in [0.25, 0.3) is 0 Å². The number of hydrogen-bond donors (Lipinski definition) is 0. The van der Waals surface area contributed by atoms with E-state index in [9.17, 15) is 4.79 Å². The molecule has 0 saturated carbocycles. The molecule has 0 radical (unpaired) electrons. The Kier molecular flexibility index (Phi) is 3.24. The van der Waals surface area contributed by atoms with Gasteiger partial charge < -0.3 is 0 Å². The molecule has 0 unspecified atom stereocenters. The maximum Gasteiger partial charge on any atom is 0.142 e. The molecule has 0 N–H and O–H groups in total. The summed E-state index contributed by atoms with van der Waals surface area (Å²) < 4.78 is 0. The number of carbonyl (C=O) groups excluding carboxylic acids is 1. The van der Waals surface area contributed by atoms with Crippen molar-refractivity contribution >= 4 is 5.78 Å². The van der Waals surface area contributed by atoms with Gasteiger partial charge in [0.05, 0.1) is 0 Å². The highest BCUT2D eigenvalue weighted by Crippen LogP contribution is 2.18. The van der Waals surface area contributed by atoms with Crippen molar-refractivity contribution in [2.45, 2.75) is 26.7 Å². The van der Waals surface area contributed by atoms with Gasteiger partial charge in [-0.2, -0.15) is 0 Å². The molecule has 0 aliphatic heterocycles. The van der Waals surface area contributed by atoms with E-state index in [1.807, 2.05) is 51.1 Å². The third-order valence-electron chi connectivity index (χ3n) is 2.30. The molecule has 0 saturated heterocycles. The van der Waals surface area contributed by atoms with Crippen LogP contribution in [0.3, 0.4) is 0 Å². The van der Waals surface area contributed by atoms with Crippen LogP contribution in [-0.2, 0) is 4.79 Å². The van der Waals surface area contributed by atoms with E-state index in [0.717, 1.165) is 5.56 Å². The average molecular weight is 176 g/mol. The Bertz CT molecular complexity index is 274. The van der Waals surface area contributed by atoms with E-state index >= 15 is 0 Å². The highest BCUT2D eigenvalue weighted by Gasteiger charge is 2.17. The molecule has 1 aromatic rings. The first kappa shape index (κ1) is 9.97. The molecule has 0 amide bonds. The van der Waals surface area contributed by atoms with Crippen molar-refractivity contribution in [1.82, 2.24) is 0 Å². The normalized spacial score (nSPS) is 12.9. The minimum absolute atomic E-state index is 0.0289. The second kappa shape index (κ2) is 4.22. The highest BCUT2D eigenvalue weighted by atomic mass is 16.1. The van der Waals surface area contributed by atoms with Gasteiger partial charge in [0.15, 0.2) is 0 Å². The summed E-state index contributed by atoms with van der Waals surface area (Å²) in [5.41, 5.74) is 1.11. The van der Waals surface area contributed by atoms with E-state index in [4.69, 9.17) is 0 Å². The fourth-order valence-electron chi connectivity index (χ4n) is 1.41. The van der Waals surface area contributed by atoms with Gasteiger partial charge in [-0.25, -0.2) is 0 Å². The summed E-state index contributed by atoms with van der Waals surface area (Å²) in [6.07, 6.45) is 0. The Hall–Kier alpha value is -1.11. The monoisotopic (exact) mass is 176 g/mol. The Labute approximate surface area is 79.8 Å². The molecule has 13 heavy (non-hydrogen) atoms. The predicted octanol–water partition coefficient (Wildman–Crippen LogP) is 3.02. The van der Waals surface area contributed by atoms with Gasteiger partial charge in [0, 0.05) is 11.8 Å². The van der Waals surface area contributed by atoms with Crippen LogP contribution in [0, 0.1) is 5.92 Å². The Morgan fingerprint density at radius 3 is 2.08 bits per heavy atom. The summed E-state index contributed by atoms with van der Waals surface area (Å²) in [6.45, 7) is 5.86. The standard InChI is InChI=1S/C12H16O/c1-9(2)12(13)10(3)11-7-5-4-6-8-11/h4-10H,1-3H3/t10-/m0/s1. The number of hydrogen-bond acceptors (Lipinski definition) is 1. The molecule has 1 nitrogen and oxygen atoms in total. The number of Topliss-reactive ketones (excluding diaryl/α,β-unsaturated/α-hetero) is 1. The Morgan fingerprint density at radius 2 is 1.62 bits per heavy atom. The lowest BCUT2D eigenvalue weighted by molar-refractivity contribution is -0.123. The molecule has 0 aromatic heterocycles. The van der Waals surface area contributed by atoms with E-state index < -0.39 is 0 Å².